The first kappa shape index (κ1) is 13.5. The molecule has 0 aliphatic heterocycles. The molecule has 1 atom stereocenters. The maximum Gasteiger partial charge on any atom is 0.120 e. The lowest BCUT2D eigenvalue weighted by molar-refractivity contribution is -0.107. The number of aldehydes is 1. The summed E-state index contributed by atoms with van der Waals surface area (Å²) in [5.41, 5.74) is 8.87. The van der Waals surface area contributed by atoms with Gasteiger partial charge < -0.3 is 10.5 Å². The summed E-state index contributed by atoms with van der Waals surface area (Å²) in [5.74, 6) is 0.478. The van der Waals surface area contributed by atoms with Crippen LogP contribution in [-0.4, -0.2) is 6.29 Å². The van der Waals surface area contributed by atoms with Crippen molar-refractivity contribution in [3.63, 3.8) is 0 Å². The van der Waals surface area contributed by atoms with E-state index in [1.807, 2.05) is 0 Å². The van der Waals surface area contributed by atoms with E-state index in [1.165, 1.54) is 11.1 Å². The van der Waals surface area contributed by atoms with Crippen molar-refractivity contribution < 1.29 is 4.79 Å². The monoisotopic (exact) mass is 231 g/mol. The Bertz CT molecular complexity index is 384. The zero-order valence-electron chi connectivity index (χ0n) is 10.5. The van der Waals surface area contributed by atoms with Crippen molar-refractivity contribution >= 4 is 6.29 Å². The van der Waals surface area contributed by atoms with Gasteiger partial charge in [0.2, 0.25) is 0 Å². The Hall–Kier alpha value is -1.57. The summed E-state index contributed by atoms with van der Waals surface area (Å²) in [5, 5.41) is 0. The summed E-state index contributed by atoms with van der Waals surface area (Å²) < 4.78 is 0. The molecular formula is C15H21NO. The number of aryl methyl sites for hydroxylation is 1. The molecule has 0 aromatic heterocycles. The van der Waals surface area contributed by atoms with E-state index in [0.717, 1.165) is 31.2 Å². The lowest BCUT2D eigenvalue weighted by atomic mass is 9.93. The predicted octanol–water partition coefficient (Wildman–Crippen LogP) is 3.17. The molecule has 2 nitrogen and oxygen atoms in total. The summed E-state index contributed by atoms with van der Waals surface area (Å²) in [6.07, 6.45) is 4.27. The van der Waals surface area contributed by atoms with Gasteiger partial charge in [0.05, 0.1) is 0 Å². The van der Waals surface area contributed by atoms with Crippen LogP contribution in [0.15, 0.2) is 36.5 Å². The number of rotatable bonds is 7. The minimum absolute atomic E-state index is 0.478. The van der Waals surface area contributed by atoms with Crippen LogP contribution in [0.2, 0.25) is 0 Å². The van der Waals surface area contributed by atoms with Crippen LogP contribution in [-0.2, 0) is 11.2 Å². The van der Waals surface area contributed by atoms with Gasteiger partial charge in [-0.3, -0.25) is 0 Å². The van der Waals surface area contributed by atoms with Crippen molar-refractivity contribution in [3.8, 4) is 0 Å². The second kappa shape index (κ2) is 6.89. The van der Waals surface area contributed by atoms with Crippen molar-refractivity contribution in [2.45, 2.75) is 38.5 Å². The van der Waals surface area contributed by atoms with Crippen LogP contribution >= 0.6 is 0 Å². The fraction of sp³-hybridized carbons (Fsp3) is 0.400. The van der Waals surface area contributed by atoms with Crippen molar-refractivity contribution in [1.29, 1.82) is 0 Å². The third-order valence-electron chi connectivity index (χ3n) is 2.97. The number of hydrogen-bond acceptors (Lipinski definition) is 2. The maximum atomic E-state index is 10.4. The van der Waals surface area contributed by atoms with E-state index in [4.69, 9.17) is 5.73 Å². The zero-order chi connectivity index (χ0) is 12.7. The van der Waals surface area contributed by atoms with Crippen molar-refractivity contribution in [2.75, 3.05) is 0 Å². The molecule has 1 aromatic carbocycles. The standard InChI is InChI=1S/C15H21NO/c1-12(8-9-13(2)16)15-7-3-5-14(11-15)6-4-10-17/h3,5,7,10-12H,2,4,6,8-9,16H2,1H3. The van der Waals surface area contributed by atoms with E-state index in [1.54, 1.807) is 0 Å². The van der Waals surface area contributed by atoms with Crippen LogP contribution in [0.5, 0.6) is 0 Å². The molecule has 0 aliphatic carbocycles. The Labute approximate surface area is 104 Å². The van der Waals surface area contributed by atoms with Crippen LogP contribution in [0.3, 0.4) is 0 Å². The number of carbonyl (C=O) groups is 1. The SMILES string of the molecule is C=C(N)CCC(C)c1cccc(CCC=O)c1. The van der Waals surface area contributed by atoms with E-state index in [9.17, 15) is 4.79 Å². The minimum Gasteiger partial charge on any atom is -0.403 e. The molecular weight excluding hydrogens is 210 g/mol. The molecule has 0 saturated carbocycles. The van der Waals surface area contributed by atoms with Gasteiger partial charge in [0.15, 0.2) is 0 Å². The van der Waals surface area contributed by atoms with Crippen molar-refractivity contribution in [1.82, 2.24) is 0 Å². The van der Waals surface area contributed by atoms with Crippen molar-refractivity contribution in [2.24, 2.45) is 5.73 Å². The topological polar surface area (TPSA) is 43.1 Å². The number of allylic oxidation sites excluding steroid dienone is 1. The van der Waals surface area contributed by atoms with E-state index in [-0.39, 0.29) is 0 Å². The molecule has 0 fully saturated rings. The van der Waals surface area contributed by atoms with Gasteiger partial charge in [0.1, 0.15) is 6.29 Å². The average molecular weight is 231 g/mol. The first-order valence-electron chi connectivity index (χ1n) is 6.09. The van der Waals surface area contributed by atoms with Gasteiger partial charge in [-0.05, 0) is 36.3 Å². The van der Waals surface area contributed by atoms with E-state index >= 15 is 0 Å². The molecule has 2 heteroatoms. The van der Waals surface area contributed by atoms with E-state index < -0.39 is 0 Å². The molecule has 17 heavy (non-hydrogen) atoms. The summed E-state index contributed by atoms with van der Waals surface area (Å²) in [6, 6.07) is 8.45. The molecule has 2 N–H and O–H groups in total. The molecule has 92 valence electrons. The summed E-state index contributed by atoms with van der Waals surface area (Å²) in [7, 11) is 0. The van der Waals surface area contributed by atoms with E-state index in [0.29, 0.717) is 12.3 Å². The van der Waals surface area contributed by atoms with Gasteiger partial charge in [-0.15, -0.1) is 0 Å². The summed E-state index contributed by atoms with van der Waals surface area (Å²) >= 11 is 0. The highest BCUT2D eigenvalue weighted by Gasteiger charge is 2.06. The molecule has 0 amide bonds. The number of benzene rings is 1. The number of hydrogen-bond donors (Lipinski definition) is 1. The smallest absolute Gasteiger partial charge is 0.120 e. The first-order chi connectivity index (χ1) is 8.13. The normalized spacial score (nSPS) is 12.1. The highest BCUT2D eigenvalue weighted by Crippen LogP contribution is 2.22. The lowest BCUT2D eigenvalue weighted by Gasteiger charge is -2.13. The fourth-order valence-electron chi connectivity index (χ4n) is 1.85. The molecule has 1 rings (SSSR count). The van der Waals surface area contributed by atoms with Crippen LogP contribution in [0.25, 0.3) is 0 Å². The number of nitrogens with two attached hydrogens (primary N) is 1. The minimum atomic E-state index is 0.478. The van der Waals surface area contributed by atoms with Crippen LogP contribution < -0.4 is 5.73 Å². The Morgan fingerprint density at radius 1 is 1.53 bits per heavy atom. The van der Waals surface area contributed by atoms with Crippen LogP contribution in [0, 0.1) is 0 Å². The maximum absolute atomic E-state index is 10.4. The Kier molecular flexibility index (Phi) is 5.47. The predicted molar refractivity (Wildman–Crippen MR) is 71.8 cm³/mol. The highest BCUT2D eigenvalue weighted by molar-refractivity contribution is 5.50. The second-order valence-corrected chi connectivity index (χ2v) is 4.55. The Morgan fingerprint density at radius 3 is 2.94 bits per heavy atom. The third kappa shape index (κ3) is 4.85. The van der Waals surface area contributed by atoms with Crippen LogP contribution in [0.1, 0.15) is 43.2 Å². The van der Waals surface area contributed by atoms with Gasteiger partial charge >= 0.3 is 0 Å². The third-order valence-corrected chi connectivity index (χ3v) is 2.97. The van der Waals surface area contributed by atoms with Gasteiger partial charge in [-0.2, -0.15) is 0 Å². The quantitative estimate of drug-likeness (QED) is 0.732. The highest BCUT2D eigenvalue weighted by atomic mass is 16.1. The molecule has 1 unspecified atom stereocenters. The fourth-order valence-corrected chi connectivity index (χ4v) is 1.85. The Balaban J connectivity index is 2.62. The largest absolute Gasteiger partial charge is 0.403 e. The van der Waals surface area contributed by atoms with Gasteiger partial charge in [-0.25, -0.2) is 0 Å². The molecule has 0 heterocycles. The molecule has 0 aliphatic rings. The molecule has 0 spiro atoms. The van der Waals surface area contributed by atoms with Gasteiger partial charge in [-0.1, -0.05) is 37.8 Å². The summed E-state index contributed by atoms with van der Waals surface area (Å²) in [4.78, 5) is 10.4. The molecule has 0 bridgehead atoms. The summed E-state index contributed by atoms with van der Waals surface area (Å²) in [6.45, 7) is 5.91. The van der Waals surface area contributed by atoms with Gasteiger partial charge in [0, 0.05) is 12.1 Å². The first-order valence-corrected chi connectivity index (χ1v) is 6.09. The molecule has 0 radical (unpaired) electrons. The second-order valence-electron chi connectivity index (χ2n) is 4.55. The Morgan fingerprint density at radius 2 is 2.29 bits per heavy atom. The number of carbonyl (C=O) groups excluding carboxylic acids is 1. The van der Waals surface area contributed by atoms with E-state index in [2.05, 4.69) is 37.8 Å². The van der Waals surface area contributed by atoms with Gasteiger partial charge in [0.25, 0.3) is 0 Å². The molecule has 1 aromatic rings. The van der Waals surface area contributed by atoms with Crippen LogP contribution in [0.4, 0.5) is 0 Å². The lowest BCUT2D eigenvalue weighted by Crippen LogP contribution is -2.00. The average Bonchev–Trinajstić information content (AvgIpc) is 2.33. The molecule has 0 saturated heterocycles. The zero-order valence-corrected chi connectivity index (χ0v) is 10.5. The van der Waals surface area contributed by atoms with Crippen molar-refractivity contribution in [3.05, 3.63) is 47.7 Å².